The number of ketones is 1. The van der Waals surface area contributed by atoms with Crippen molar-refractivity contribution >= 4 is 11.5 Å². The second-order valence-corrected chi connectivity index (χ2v) is 5.71. The van der Waals surface area contributed by atoms with Crippen LogP contribution >= 0.6 is 0 Å². The Balaban J connectivity index is 1.71. The van der Waals surface area contributed by atoms with Crippen LogP contribution < -0.4 is 4.74 Å². The van der Waals surface area contributed by atoms with Gasteiger partial charge in [0.15, 0.2) is 6.10 Å². The second kappa shape index (κ2) is 6.20. The Morgan fingerprint density at radius 3 is 2.52 bits per heavy atom. The van der Waals surface area contributed by atoms with Crippen molar-refractivity contribution in [2.45, 2.75) is 32.3 Å². The number of fused-ring (bicyclic) bond motifs is 1. The smallest absolute Gasteiger partial charge is 0.269 e. The monoisotopic (exact) mass is 311 g/mol. The van der Waals surface area contributed by atoms with Gasteiger partial charge in [0.05, 0.1) is 4.92 Å². The number of hydrogen-bond donors (Lipinski definition) is 0. The summed E-state index contributed by atoms with van der Waals surface area (Å²) in [6, 6.07) is 11.6. The van der Waals surface area contributed by atoms with Crippen LogP contribution in [-0.2, 0) is 12.8 Å². The SMILES string of the molecule is C[C@H](Oc1ccc([N+](=O)[O-])cc1)C(=O)c1ccc2c(c1)CCC2. The molecule has 0 amide bonds. The molecule has 0 radical (unpaired) electrons. The van der Waals surface area contributed by atoms with E-state index in [0.717, 1.165) is 19.3 Å². The van der Waals surface area contributed by atoms with E-state index in [1.165, 1.54) is 35.4 Å². The molecule has 2 aromatic carbocycles. The van der Waals surface area contributed by atoms with E-state index in [2.05, 4.69) is 0 Å². The van der Waals surface area contributed by atoms with E-state index in [-0.39, 0.29) is 11.5 Å². The second-order valence-electron chi connectivity index (χ2n) is 5.71. The maximum absolute atomic E-state index is 12.5. The van der Waals surface area contributed by atoms with Gasteiger partial charge < -0.3 is 4.74 Å². The van der Waals surface area contributed by atoms with E-state index in [9.17, 15) is 14.9 Å². The van der Waals surface area contributed by atoms with E-state index in [1.807, 2.05) is 18.2 Å². The maximum Gasteiger partial charge on any atom is 0.269 e. The lowest BCUT2D eigenvalue weighted by Gasteiger charge is -2.14. The summed E-state index contributed by atoms with van der Waals surface area (Å²) in [5.74, 6) is 0.357. The van der Waals surface area contributed by atoms with Gasteiger partial charge in [-0.05, 0) is 55.5 Å². The van der Waals surface area contributed by atoms with Gasteiger partial charge >= 0.3 is 0 Å². The van der Waals surface area contributed by atoms with Crippen LogP contribution in [0.25, 0.3) is 0 Å². The average molecular weight is 311 g/mol. The Morgan fingerprint density at radius 1 is 1.13 bits per heavy atom. The number of nitro benzene ring substituents is 1. The first-order valence-electron chi connectivity index (χ1n) is 7.62. The van der Waals surface area contributed by atoms with Gasteiger partial charge in [0.1, 0.15) is 5.75 Å². The molecule has 0 saturated heterocycles. The molecule has 23 heavy (non-hydrogen) atoms. The topological polar surface area (TPSA) is 69.4 Å². The molecular weight excluding hydrogens is 294 g/mol. The number of aryl methyl sites for hydroxylation is 2. The van der Waals surface area contributed by atoms with Gasteiger partial charge in [-0.2, -0.15) is 0 Å². The van der Waals surface area contributed by atoms with Gasteiger partial charge in [0, 0.05) is 17.7 Å². The van der Waals surface area contributed by atoms with Crippen LogP contribution in [0, 0.1) is 10.1 Å². The lowest BCUT2D eigenvalue weighted by Crippen LogP contribution is -2.24. The van der Waals surface area contributed by atoms with Gasteiger partial charge in [0.2, 0.25) is 5.78 Å². The first-order valence-corrected chi connectivity index (χ1v) is 7.62. The molecule has 0 heterocycles. The largest absolute Gasteiger partial charge is 0.483 e. The van der Waals surface area contributed by atoms with Crippen LogP contribution in [0.5, 0.6) is 5.75 Å². The summed E-state index contributed by atoms with van der Waals surface area (Å²) in [7, 11) is 0. The Hall–Kier alpha value is -2.69. The third kappa shape index (κ3) is 3.23. The molecule has 0 aromatic heterocycles. The predicted molar refractivity (Wildman–Crippen MR) is 86.0 cm³/mol. The molecule has 3 rings (SSSR count). The number of ether oxygens (including phenoxy) is 1. The molecule has 1 aliphatic carbocycles. The summed E-state index contributed by atoms with van der Waals surface area (Å²) in [6.07, 6.45) is 2.60. The fourth-order valence-corrected chi connectivity index (χ4v) is 2.86. The fraction of sp³-hybridized carbons (Fsp3) is 0.278. The number of non-ortho nitro benzene ring substituents is 1. The van der Waals surface area contributed by atoms with E-state index < -0.39 is 11.0 Å². The minimum atomic E-state index is -0.643. The van der Waals surface area contributed by atoms with Crippen molar-refractivity contribution in [3.8, 4) is 5.75 Å². The zero-order chi connectivity index (χ0) is 16.4. The molecule has 0 saturated carbocycles. The lowest BCUT2D eigenvalue weighted by molar-refractivity contribution is -0.384. The summed E-state index contributed by atoms with van der Waals surface area (Å²) >= 11 is 0. The predicted octanol–water partition coefficient (Wildman–Crippen LogP) is 3.73. The van der Waals surface area contributed by atoms with Crippen LogP contribution in [0.3, 0.4) is 0 Å². The van der Waals surface area contributed by atoms with Crippen molar-refractivity contribution in [3.05, 3.63) is 69.3 Å². The van der Waals surface area contributed by atoms with E-state index in [4.69, 9.17) is 4.74 Å². The van der Waals surface area contributed by atoms with Gasteiger partial charge in [0.25, 0.3) is 5.69 Å². The Labute approximate surface area is 134 Å². The number of carbonyl (C=O) groups is 1. The highest BCUT2D eigenvalue weighted by atomic mass is 16.6. The summed E-state index contributed by atoms with van der Waals surface area (Å²) in [6.45, 7) is 1.69. The molecule has 0 N–H and O–H groups in total. The minimum Gasteiger partial charge on any atom is -0.483 e. The van der Waals surface area contributed by atoms with Crippen LogP contribution in [0.15, 0.2) is 42.5 Å². The van der Waals surface area contributed by atoms with Crippen molar-refractivity contribution in [2.75, 3.05) is 0 Å². The fourth-order valence-electron chi connectivity index (χ4n) is 2.86. The Bertz CT molecular complexity index is 752. The zero-order valence-corrected chi connectivity index (χ0v) is 12.8. The van der Waals surface area contributed by atoms with Crippen molar-refractivity contribution in [2.24, 2.45) is 0 Å². The molecule has 0 unspecified atom stereocenters. The average Bonchev–Trinajstić information content (AvgIpc) is 3.02. The van der Waals surface area contributed by atoms with Gasteiger partial charge in [-0.3, -0.25) is 14.9 Å². The highest BCUT2D eigenvalue weighted by Gasteiger charge is 2.20. The first kappa shape index (κ1) is 15.2. The summed E-state index contributed by atoms with van der Waals surface area (Å²) in [5, 5.41) is 10.6. The molecule has 1 atom stereocenters. The molecule has 0 fully saturated rings. The molecule has 5 heteroatoms. The number of hydrogen-bond acceptors (Lipinski definition) is 4. The van der Waals surface area contributed by atoms with Crippen molar-refractivity contribution in [3.63, 3.8) is 0 Å². The van der Waals surface area contributed by atoms with Crippen molar-refractivity contribution in [1.29, 1.82) is 0 Å². The van der Waals surface area contributed by atoms with Crippen LogP contribution in [0.4, 0.5) is 5.69 Å². The van der Waals surface area contributed by atoms with Crippen LogP contribution in [-0.4, -0.2) is 16.8 Å². The van der Waals surface area contributed by atoms with E-state index >= 15 is 0 Å². The Morgan fingerprint density at radius 2 is 1.83 bits per heavy atom. The standard InChI is InChI=1S/C18H17NO4/c1-12(23-17-9-7-16(8-10-17)19(21)22)18(20)15-6-5-13-3-2-4-14(13)11-15/h5-12H,2-4H2,1H3/t12-/m0/s1. The molecule has 2 aromatic rings. The van der Waals surface area contributed by atoms with E-state index in [0.29, 0.717) is 11.3 Å². The number of rotatable bonds is 5. The quantitative estimate of drug-likeness (QED) is 0.479. The Kier molecular flexibility index (Phi) is 4.10. The number of nitro groups is 1. The molecule has 0 bridgehead atoms. The zero-order valence-electron chi connectivity index (χ0n) is 12.8. The molecule has 1 aliphatic rings. The van der Waals surface area contributed by atoms with Gasteiger partial charge in [-0.25, -0.2) is 0 Å². The number of benzene rings is 2. The highest BCUT2D eigenvalue weighted by Crippen LogP contribution is 2.24. The van der Waals surface area contributed by atoms with Crippen molar-refractivity contribution in [1.82, 2.24) is 0 Å². The van der Waals surface area contributed by atoms with Crippen molar-refractivity contribution < 1.29 is 14.5 Å². The molecular formula is C18H17NO4. The third-order valence-electron chi connectivity index (χ3n) is 4.11. The molecule has 5 nitrogen and oxygen atoms in total. The van der Waals surface area contributed by atoms with E-state index in [1.54, 1.807) is 6.92 Å². The van der Waals surface area contributed by atoms with Gasteiger partial charge in [-0.15, -0.1) is 0 Å². The highest BCUT2D eigenvalue weighted by molar-refractivity contribution is 5.99. The molecule has 118 valence electrons. The number of nitrogens with zero attached hydrogens (tertiary/aromatic N) is 1. The first-order chi connectivity index (χ1) is 11.0. The lowest BCUT2D eigenvalue weighted by atomic mass is 10.0. The minimum absolute atomic E-state index is 0.00467. The molecule has 0 aliphatic heterocycles. The maximum atomic E-state index is 12.5. The van der Waals surface area contributed by atoms with Crippen LogP contribution in [0.2, 0.25) is 0 Å². The summed E-state index contributed by atoms with van der Waals surface area (Å²) in [5.41, 5.74) is 3.22. The van der Waals surface area contributed by atoms with Gasteiger partial charge in [-0.1, -0.05) is 12.1 Å². The van der Waals surface area contributed by atoms with Crippen LogP contribution in [0.1, 0.15) is 34.8 Å². The normalized spacial score (nSPS) is 14.1. The summed E-state index contributed by atoms with van der Waals surface area (Å²) in [4.78, 5) is 22.7. The number of carbonyl (C=O) groups excluding carboxylic acids is 1. The number of Topliss-reactive ketones (excluding diaryl/α,β-unsaturated/α-hetero) is 1. The third-order valence-corrected chi connectivity index (χ3v) is 4.11. The molecule has 0 spiro atoms. The summed E-state index contributed by atoms with van der Waals surface area (Å²) < 4.78 is 5.61.